The zero-order valence-electron chi connectivity index (χ0n) is 18.8. The van der Waals surface area contributed by atoms with Crippen LogP contribution in [0.3, 0.4) is 0 Å². The molecule has 0 saturated heterocycles. The molecule has 0 spiro atoms. The van der Waals surface area contributed by atoms with Gasteiger partial charge in [0.1, 0.15) is 11.9 Å². The Kier molecular flexibility index (Phi) is 8.61. The topological polar surface area (TPSA) is 49.4 Å². The molecule has 1 atom stereocenters. The van der Waals surface area contributed by atoms with Gasteiger partial charge in [0.2, 0.25) is 11.8 Å². The van der Waals surface area contributed by atoms with Gasteiger partial charge in [0.15, 0.2) is 0 Å². The minimum absolute atomic E-state index is 0.137. The van der Waals surface area contributed by atoms with Gasteiger partial charge in [0.05, 0.1) is 0 Å². The summed E-state index contributed by atoms with van der Waals surface area (Å²) in [5, 5.41) is 3.60. The summed E-state index contributed by atoms with van der Waals surface area (Å²) in [7, 11) is 0. The van der Waals surface area contributed by atoms with Crippen molar-refractivity contribution in [3.05, 3.63) is 106 Å². The third-order valence-electron chi connectivity index (χ3n) is 5.37. The summed E-state index contributed by atoms with van der Waals surface area (Å²) < 4.78 is 13.4. The van der Waals surface area contributed by atoms with Gasteiger partial charge in [0, 0.05) is 30.5 Å². The molecule has 33 heavy (non-hydrogen) atoms. The van der Waals surface area contributed by atoms with Gasteiger partial charge >= 0.3 is 0 Å². The highest BCUT2D eigenvalue weighted by molar-refractivity contribution is 6.30. The number of amides is 2. The molecular weight excluding hydrogens is 439 g/mol. The molecule has 0 fully saturated rings. The molecule has 4 nitrogen and oxygen atoms in total. The lowest BCUT2D eigenvalue weighted by Gasteiger charge is -2.33. The monoisotopic (exact) mass is 466 g/mol. The van der Waals surface area contributed by atoms with E-state index in [-0.39, 0.29) is 30.1 Å². The van der Waals surface area contributed by atoms with E-state index >= 15 is 0 Å². The summed E-state index contributed by atoms with van der Waals surface area (Å²) in [6.45, 7) is 4.15. The predicted octanol–water partition coefficient (Wildman–Crippen LogP) is 5.39. The fourth-order valence-electron chi connectivity index (χ4n) is 3.55. The van der Waals surface area contributed by atoms with Crippen LogP contribution in [0.4, 0.5) is 4.39 Å². The summed E-state index contributed by atoms with van der Waals surface area (Å²) in [4.78, 5) is 28.2. The maximum absolute atomic E-state index is 13.4. The van der Waals surface area contributed by atoms with Gasteiger partial charge in [-0.3, -0.25) is 9.59 Å². The van der Waals surface area contributed by atoms with E-state index in [9.17, 15) is 14.0 Å². The number of nitrogens with one attached hydrogen (secondary N) is 1. The minimum Gasteiger partial charge on any atom is -0.350 e. The third-order valence-corrected chi connectivity index (χ3v) is 5.63. The van der Waals surface area contributed by atoms with Crippen LogP contribution in [0.5, 0.6) is 0 Å². The van der Waals surface area contributed by atoms with E-state index in [0.717, 1.165) is 16.7 Å². The number of carbonyl (C=O) groups excluding carboxylic acids is 2. The number of hydrogen-bond donors (Lipinski definition) is 1. The second-order valence-corrected chi connectivity index (χ2v) is 8.73. The molecule has 3 rings (SSSR count). The van der Waals surface area contributed by atoms with E-state index in [2.05, 4.69) is 5.32 Å². The van der Waals surface area contributed by atoms with Gasteiger partial charge in [-0.05, 0) is 41.0 Å². The Hall–Kier alpha value is -3.18. The SMILES string of the molecule is CC(C)C(=O)N(Cc1ccc(F)cc1)C(Cc1ccccc1)C(=O)NCc1ccc(Cl)cc1. The van der Waals surface area contributed by atoms with Gasteiger partial charge in [-0.25, -0.2) is 4.39 Å². The molecule has 0 heterocycles. The van der Waals surface area contributed by atoms with Crippen molar-refractivity contribution < 1.29 is 14.0 Å². The van der Waals surface area contributed by atoms with Crippen LogP contribution in [0.2, 0.25) is 5.02 Å². The maximum atomic E-state index is 13.4. The molecule has 3 aromatic carbocycles. The van der Waals surface area contributed by atoms with Crippen LogP contribution >= 0.6 is 11.6 Å². The third kappa shape index (κ3) is 7.16. The standard InChI is InChI=1S/C27H28ClFN2O2/c1-19(2)27(33)31(18-22-10-14-24(29)15-11-22)25(16-20-6-4-3-5-7-20)26(32)30-17-21-8-12-23(28)13-9-21/h3-15,19,25H,16-18H2,1-2H3,(H,30,32). The summed E-state index contributed by atoms with van der Waals surface area (Å²) in [6, 6.07) is 22.1. The zero-order valence-corrected chi connectivity index (χ0v) is 19.6. The van der Waals surface area contributed by atoms with Gasteiger partial charge < -0.3 is 10.2 Å². The molecule has 0 radical (unpaired) electrons. The molecule has 0 bridgehead atoms. The summed E-state index contributed by atoms with van der Waals surface area (Å²) in [5.74, 6) is -1.03. The number of benzene rings is 3. The lowest BCUT2D eigenvalue weighted by atomic mass is 10.0. The number of halogens is 2. The first-order chi connectivity index (χ1) is 15.8. The van der Waals surface area contributed by atoms with Crippen LogP contribution in [-0.2, 0) is 29.1 Å². The lowest BCUT2D eigenvalue weighted by Crippen LogP contribution is -2.51. The van der Waals surface area contributed by atoms with Crippen molar-refractivity contribution in [2.45, 2.75) is 39.4 Å². The highest BCUT2D eigenvalue weighted by Crippen LogP contribution is 2.18. The van der Waals surface area contributed by atoms with Gasteiger partial charge in [-0.1, -0.05) is 80.0 Å². The average molecular weight is 467 g/mol. The van der Waals surface area contributed by atoms with Gasteiger partial charge in [-0.15, -0.1) is 0 Å². The molecule has 0 aliphatic rings. The molecule has 6 heteroatoms. The van der Waals surface area contributed by atoms with Crippen molar-refractivity contribution in [2.75, 3.05) is 0 Å². The molecule has 3 aromatic rings. The van der Waals surface area contributed by atoms with Crippen LogP contribution in [0.1, 0.15) is 30.5 Å². The number of carbonyl (C=O) groups is 2. The molecule has 172 valence electrons. The molecule has 0 aliphatic carbocycles. The summed E-state index contributed by atoms with van der Waals surface area (Å²) in [6.07, 6.45) is 0.368. The van der Waals surface area contributed by atoms with Gasteiger partial charge in [-0.2, -0.15) is 0 Å². The molecule has 0 saturated carbocycles. The molecule has 0 aliphatic heterocycles. The quantitative estimate of drug-likeness (QED) is 0.459. The van der Waals surface area contributed by atoms with Crippen molar-refractivity contribution in [1.82, 2.24) is 10.2 Å². The first-order valence-corrected chi connectivity index (χ1v) is 11.3. The maximum Gasteiger partial charge on any atom is 0.243 e. The van der Waals surface area contributed by atoms with Crippen molar-refractivity contribution in [3.63, 3.8) is 0 Å². The van der Waals surface area contributed by atoms with E-state index in [0.29, 0.717) is 18.0 Å². The average Bonchev–Trinajstić information content (AvgIpc) is 2.82. The Balaban J connectivity index is 1.88. The molecule has 0 aromatic heterocycles. The van der Waals surface area contributed by atoms with Crippen LogP contribution in [0.25, 0.3) is 0 Å². The smallest absolute Gasteiger partial charge is 0.243 e. The second kappa shape index (κ2) is 11.6. The number of rotatable bonds is 9. The largest absolute Gasteiger partial charge is 0.350 e. The van der Waals surface area contributed by atoms with Crippen LogP contribution < -0.4 is 5.32 Å². The Morgan fingerprint density at radius 3 is 2.09 bits per heavy atom. The number of nitrogens with zero attached hydrogens (tertiary/aromatic N) is 1. The van der Waals surface area contributed by atoms with E-state index in [1.165, 1.54) is 12.1 Å². The van der Waals surface area contributed by atoms with E-state index in [1.807, 2.05) is 56.3 Å². The molecule has 1 N–H and O–H groups in total. The van der Waals surface area contributed by atoms with Gasteiger partial charge in [0.25, 0.3) is 0 Å². The fourth-order valence-corrected chi connectivity index (χ4v) is 3.68. The fraction of sp³-hybridized carbons (Fsp3) is 0.259. The van der Waals surface area contributed by atoms with Crippen molar-refractivity contribution in [1.29, 1.82) is 0 Å². The van der Waals surface area contributed by atoms with Crippen molar-refractivity contribution in [2.24, 2.45) is 5.92 Å². The summed E-state index contributed by atoms with van der Waals surface area (Å²) in [5.41, 5.74) is 2.62. The lowest BCUT2D eigenvalue weighted by molar-refractivity contribution is -0.143. The Morgan fingerprint density at radius 2 is 1.48 bits per heavy atom. The van der Waals surface area contributed by atoms with Crippen LogP contribution in [0, 0.1) is 11.7 Å². The normalized spacial score (nSPS) is 11.8. The molecular formula is C27H28ClFN2O2. The Bertz CT molecular complexity index is 1050. The molecule has 1 unspecified atom stereocenters. The van der Waals surface area contributed by atoms with Crippen molar-refractivity contribution >= 4 is 23.4 Å². The summed E-state index contributed by atoms with van der Waals surface area (Å²) >= 11 is 5.95. The number of hydrogen-bond acceptors (Lipinski definition) is 2. The first kappa shape index (κ1) is 24.5. The Labute approximate surface area is 199 Å². The predicted molar refractivity (Wildman–Crippen MR) is 129 cm³/mol. The van der Waals surface area contributed by atoms with Crippen LogP contribution in [0.15, 0.2) is 78.9 Å². The van der Waals surface area contributed by atoms with E-state index in [4.69, 9.17) is 11.6 Å². The second-order valence-electron chi connectivity index (χ2n) is 8.30. The zero-order chi connectivity index (χ0) is 23.8. The highest BCUT2D eigenvalue weighted by Gasteiger charge is 2.31. The van der Waals surface area contributed by atoms with E-state index in [1.54, 1.807) is 29.2 Å². The Morgan fingerprint density at radius 1 is 0.879 bits per heavy atom. The van der Waals surface area contributed by atoms with Crippen molar-refractivity contribution in [3.8, 4) is 0 Å². The first-order valence-electron chi connectivity index (χ1n) is 10.9. The minimum atomic E-state index is -0.723. The highest BCUT2D eigenvalue weighted by atomic mass is 35.5. The van der Waals surface area contributed by atoms with Crippen LogP contribution in [-0.4, -0.2) is 22.8 Å². The van der Waals surface area contributed by atoms with E-state index < -0.39 is 6.04 Å². The molecule has 2 amide bonds.